The van der Waals surface area contributed by atoms with Crippen LogP contribution >= 0.6 is 0 Å². The van der Waals surface area contributed by atoms with Crippen LogP contribution in [0.15, 0.2) is 60.2 Å². The summed E-state index contributed by atoms with van der Waals surface area (Å²) in [7, 11) is 3.78. The summed E-state index contributed by atoms with van der Waals surface area (Å²) >= 11 is 0. The third kappa shape index (κ3) is 4.55. The van der Waals surface area contributed by atoms with Gasteiger partial charge in [0.15, 0.2) is 11.5 Å². The average Bonchev–Trinajstić information content (AvgIpc) is 2.92. The molecule has 0 unspecified atom stereocenters. The lowest BCUT2D eigenvalue weighted by Crippen LogP contribution is -2.73. The summed E-state index contributed by atoms with van der Waals surface area (Å²) in [5, 5.41) is 23.4. The van der Waals surface area contributed by atoms with E-state index < -0.39 is 11.0 Å². The van der Waals surface area contributed by atoms with E-state index in [-0.39, 0.29) is 24.2 Å². The Hall–Kier alpha value is -3.11. The molecule has 0 amide bonds. The zero-order valence-corrected chi connectivity index (χ0v) is 24.7. The van der Waals surface area contributed by atoms with Crippen molar-refractivity contribution in [1.29, 1.82) is 5.26 Å². The first kappa shape index (κ1) is 28.4. The molecule has 2 aromatic carbocycles. The quantitative estimate of drug-likeness (QED) is 0.486. The van der Waals surface area contributed by atoms with Crippen molar-refractivity contribution in [2.75, 3.05) is 27.3 Å². The average molecular weight is 542 g/mol. The molecule has 2 aromatic rings. The highest BCUT2D eigenvalue weighted by Crippen LogP contribution is 2.60. The van der Waals surface area contributed by atoms with Crippen molar-refractivity contribution in [3.63, 3.8) is 0 Å². The number of nitriles is 1. The molecule has 1 heterocycles. The number of rotatable bonds is 8. The molecule has 6 heteroatoms. The first-order chi connectivity index (χ1) is 19.2. The van der Waals surface area contributed by atoms with Crippen LogP contribution in [0.25, 0.3) is 6.08 Å². The number of hydrogen-bond acceptors (Lipinski definition) is 6. The van der Waals surface area contributed by atoms with Gasteiger partial charge in [-0.25, -0.2) is 0 Å². The summed E-state index contributed by atoms with van der Waals surface area (Å²) in [6, 6.07) is 17.1. The SMILES string of the molecule is COc1ccc2c(c1OC/C=C/c1ccccc1)[C@@]13C=C(C#N)[C@H](N(C(C)C)C(C)C)C[C@@]1(O)[C@H](C2)N(C)CC3. The predicted molar refractivity (Wildman–Crippen MR) is 160 cm³/mol. The fourth-order valence-corrected chi connectivity index (χ4v) is 7.75. The second-order valence-electron chi connectivity index (χ2n) is 12.2. The van der Waals surface area contributed by atoms with Crippen LogP contribution in [0.1, 0.15) is 57.2 Å². The maximum absolute atomic E-state index is 13.0. The Bertz CT molecular complexity index is 1320. The fraction of sp³-hybridized carbons (Fsp3) is 0.500. The minimum absolute atomic E-state index is 0.0619. The van der Waals surface area contributed by atoms with Crippen molar-refractivity contribution < 1.29 is 14.6 Å². The number of likely N-dealkylation sites (tertiary alicyclic amines) is 1. The minimum Gasteiger partial charge on any atom is -0.493 e. The maximum Gasteiger partial charge on any atom is 0.166 e. The molecule has 1 N–H and O–H groups in total. The Morgan fingerprint density at radius 3 is 2.52 bits per heavy atom. The number of aliphatic hydroxyl groups is 1. The van der Waals surface area contributed by atoms with Gasteiger partial charge in [-0.15, -0.1) is 0 Å². The first-order valence-corrected chi connectivity index (χ1v) is 14.5. The molecule has 212 valence electrons. The van der Waals surface area contributed by atoms with Gasteiger partial charge in [-0.3, -0.25) is 4.90 Å². The number of fused-ring (bicyclic) bond motifs is 1. The minimum atomic E-state index is -1.07. The lowest BCUT2D eigenvalue weighted by molar-refractivity contribution is -0.145. The van der Waals surface area contributed by atoms with Crippen molar-refractivity contribution >= 4 is 6.08 Å². The van der Waals surface area contributed by atoms with E-state index >= 15 is 0 Å². The summed E-state index contributed by atoms with van der Waals surface area (Å²) in [6.07, 6.45) is 8.09. The highest BCUT2D eigenvalue weighted by Gasteiger charge is 2.65. The largest absolute Gasteiger partial charge is 0.493 e. The second kappa shape index (κ2) is 11.0. The van der Waals surface area contributed by atoms with Crippen LogP contribution in [-0.2, 0) is 11.8 Å². The molecule has 2 aliphatic carbocycles. The van der Waals surface area contributed by atoms with Crippen molar-refractivity contribution in [1.82, 2.24) is 9.80 Å². The summed E-state index contributed by atoms with van der Waals surface area (Å²) in [5.74, 6) is 1.33. The van der Waals surface area contributed by atoms with Crippen molar-refractivity contribution in [2.24, 2.45) is 0 Å². The van der Waals surface area contributed by atoms with Crippen LogP contribution in [0, 0.1) is 11.3 Å². The highest BCUT2D eigenvalue weighted by molar-refractivity contribution is 5.63. The number of ether oxygens (including phenoxy) is 2. The van der Waals surface area contributed by atoms with E-state index in [1.807, 2.05) is 36.4 Å². The first-order valence-electron chi connectivity index (χ1n) is 14.5. The Labute approximate surface area is 239 Å². The Morgan fingerprint density at radius 1 is 1.15 bits per heavy atom. The molecular weight excluding hydrogens is 498 g/mol. The van der Waals surface area contributed by atoms with E-state index in [9.17, 15) is 10.4 Å². The van der Waals surface area contributed by atoms with Crippen LogP contribution in [-0.4, -0.2) is 72.0 Å². The molecular formula is C34H43N3O3. The number of benzene rings is 2. The standard InChI is InChI=1S/C34H43N3O3/c1-23(2)37(24(3)4)28-21-34(38)30-19-26-14-15-29(39-6)32(40-18-10-13-25-11-8-7-9-12-25)31(26)33(34,16-17-36(30)5)20-27(28)22-35/h7-15,20,23-24,28,30,38H,16-19,21H2,1-6H3/b13-10+/t28-,30+,33-,34-/m1/s1. The van der Waals surface area contributed by atoms with Gasteiger partial charge in [-0.05, 0) is 83.8 Å². The zero-order chi connectivity index (χ0) is 28.7. The highest BCUT2D eigenvalue weighted by atomic mass is 16.5. The molecule has 1 saturated heterocycles. The van der Waals surface area contributed by atoms with Gasteiger partial charge in [0, 0.05) is 35.3 Å². The van der Waals surface area contributed by atoms with E-state index in [0.717, 1.165) is 35.2 Å². The fourth-order valence-electron chi connectivity index (χ4n) is 7.75. The number of piperidine rings is 1. The molecule has 1 fully saturated rings. The lowest BCUT2D eigenvalue weighted by atomic mass is 9.50. The van der Waals surface area contributed by atoms with Gasteiger partial charge >= 0.3 is 0 Å². The Balaban J connectivity index is 1.65. The van der Waals surface area contributed by atoms with Gasteiger partial charge < -0.3 is 19.5 Å². The molecule has 0 saturated carbocycles. The topological polar surface area (TPSA) is 69.0 Å². The van der Waals surface area contributed by atoms with Gasteiger partial charge in [-0.2, -0.15) is 5.26 Å². The van der Waals surface area contributed by atoms with Crippen LogP contribution in [0.4, 0.5) is 0 Å². The van der Waals surface area contributed by atoms with E-state index in [4.69, 9.17) is 9.47 Å². The third-order valence-corrected chi connectivity index (χ3v) is 9.38. The van der Waals surface area contributed by atoms with Crippen LogP contribution in [0.2, 0.25) is 0 Å². The van der Waals surface area contributed by atoms with Gasteiger partial charge in [0.2, 0.25) is 0 Å². The normalized spacial score (nSPS) is 27.9. The molecule has 2 bridgehead atoms. The van der Waals surface area contributed by atoms with Crippen molar-refractivity contribution in [3.8, 4) is 17.6 Å². The van der Waals surface area contributed by atoms with Gasteiger partial charge in [0.25, 0.3) is 0 Å². The predicted octanol–water partition coefficient (Wildman–Crippen LogP) is 5.36. The van der Waals surface area contributed by atoms with E-state index in [2.05, 4.69) is 74.9 Å². The van der Waals surface area contributed by atoms with Gasteiger partial charge in [-0.1, -0.05) is 48.6 Å². The van der Waals surface area contributed by atoms with Crippen LogP contribution in [0.5, 0.6) is 11.5 Å². The smallest absolute Gasteiger partial charge is 0.166 e. The molecule has 5 rings (SSSR count). The maximum atomic E-state index is 13.0. The molecule has 40 heavy (non-hydrogen) atoms. The number of nitrogens with zero attached hydrogens (tertiary/aromatic N) is 3. The molecule has 4 atom stereocenters. The van der Waals surface area contributed by atoms with Crippen LogP contribution in [0.3, 0.4) is 0 Å². The van der Waals surface area contributed by atoms with E-state index in [1.165, 1.54) is 0 Å². The molecule has 3 aliphatic rings. The van der Waals surface area contributed by atoms with E-state index in [0.29, 0.717) is 30.9 Å². The third-order valence-electron chi connectivity index (χ3n) is 9.38. The lowest BCUT2D eigenvalue weighted by Gasteiger charge is -2.63. The molecule has 6 nitrogen and oxygen atoms in total. The molecule has 1 aliphatic heterocycles. The monoisotopic (exact) mass is 541 g/mol. The number of methoxy groups -OCH3 is 1. The summed E-state index contributed by atoms with van der Waals surface area (Å²) in [4.78, 5) is 4.69. The van der Waals surface area contributed by atoms with Gasteiger partial charge in [0.1, 0.15) is 6.61 Å². The Kier molecular flexibility index (Phi) is 7.85. The molecule has 0 aromatic heterocycles. The van der Waals surface area contributed by atoms with Crippen LogP contribution < -0.4 is 9.47 Å². The Morgan fingerprint density at radius 2 is 1.88 bits per heavy atom. The molecule has 0 spiro atoms. The zero-order valence-electron chi connectivity index (χ0n) is 24.7. The van der Waals surface area contributed by atoms with E-state index in [1.54, 1.807) is 7.11 Å². The van der Waals surface area contributed by atoms with Crippen molar-refractivity contribution in [3.05, 3.63) is 76.9 Å². The summed E-state index contributed by atoms with van der Waals surface area (Å²) in [5.41, 5.74) is 2.18. The number of likely N-dealkylation sites (N-methyl/N-ethyl adjacent to an activating group) is 1. The summed E-state index contributed by atoms with van der Waals surface area (Å²) in [6.45, 7) is 9.89. The second-order valence-corrected chi connectivity index (χ2v) is 12.2. The number of hydrogen-bond donors (Lipinski definition) is 1. The van der Waals surface area contributed by atoms with Gasteiger partial charge in [0.05, 0.1) is 24.2 Å². The van der Waals surface area contributed by atoms with Crippen molar-refractivity contribution in [2.45, 2.75) is 82.1 Å². The molecule has 0 radical (unpaired) electrons. The summed E-state index contributed by atoms with van der Waals surface area (Å²) < 4.78 is 12.4.